The molecule has 0 radical (unpaired) electrons. The minimum absolute atomic E-state index is 0.161. The standard InChI is InChI=1S/C13H16N2O3S2/c1-9-3-4-12(5-11(9)7-16)20(17,18)15-6-13-10(2)14-8-19-13/h3-5,8,15-16H,6-7H2,1-2H3. The predicted molar refractivity (Wildman–Crippen MR) is 78.0 cm³/mol. The molecule has 0 bridgehead atoms. The van der Waals surface area contributed by atoms with E-state index in [1.54, 1.807) is 11.6 Å². The zero-order chi connectivity index (χ0) is 14.8. The monoisotopic (exact) mass is 312 g/mol. The molecule has 20 heavy (non-hydrogen) atoms. The van der Waals surface area contributed by atoms with E-state index in [0.717, 1.165) is 16.1 Å². The van der Waals surface area contributed by atoms with Crippen molar-refractivity contribution in [3.05, 3.63) is 45.4 Å². The van der Waals surface area contributed by atoms with E-state index in [1.807, 2.05) is 13.8 Å². The highest BCUT2D eigenvalue weighted by Crippen LogP contribution is 2.17. The summed E-state index contributed by atoms with van der Waals surface area (Å²) in [6, 6.07) is 4.73. The Morgan fingerprint density at radius 3 is 2.70 bits per heavy atom. The molecule has 1 heterocycles. The Morgan fingerprint density at radius 2 is 2.10 bits per heavy atom. The first-order chi connectivity index (χ1) is 9.44. The van der Waals surface area contributed by atoms with Gasteiger partial charge in [-0.15, -0.1) is 11.3 Å². The fraction of sp³-hybridized carbons (Fsp3) is 0.308. The van der Waals surface area contributed by atoms with Crippen molar-refractivity contribution in [3.63, 3.8) is 0 Å². The molecule has 108 valence electrons. The Labute approximate surface area is 122 Å². The van der Waals surface area contributed by atoms with Crippen molar-refractivity contribution in [2.45, 2.75) is 31.9 Å². The highest BCUT2D eigenvalue weighted by Gasteiger charge is 2.16. The van der Waals surface area contributed by atoms with Gasteiger partial charge in [-0.3, -0.25) is 0 Å². The molecule has 2 rings (SSSR count). The lowest BCUT2D eigenvalue weighted by atomic mass is 10.1. The summed E-state index contributed by atoms with van der Waals surface area (Å²) in [5.74, 6) is 0. The largest absolute Gasteiger partial charge is 0.392 e. The van der Waals surface area contributed by atoms with Gasteiger partial charge in [0.2, 0.25) is 10.0 Å². The molecule has 0 atom stereocenters. The van der Waals surface area contributed by atoms with Crippen molar-refractivity contribution in [2.75, 3.05) is 0 Å². The lowest BCUT2D eigenvalue weighted by Gasteiger charge is -2.09. The van der Waals surface area contributed by atoms with Crippen LogP contribution in [0.3, 0.4) is 0 Å². The summed E-state index contributed by atoms with van der Waals surface area (Å²) in [7, 11) is -3.58. The van der Waals surface area contributed by atoms with E-state index < -0.39 is 10.0 Å². The second-order valence-corrected chi connectivity index (χ2v) is 7.14. The molecule has 0 saturated carbocycles. The van der Waals surface area contributed by atoms with Crippen molar-refractivity contribution in [1.29, 1.82) is 0 Å². The normalized spacial score (nSPS) is 11.8. The first-order valence-corrected chi connectivity index (χ1v) is 8.39. The van der Waals surface area contributed by atoms with Crippen LogP contribution in [0.2, 0.25) is 0 Å². The molecule has 5 nitrogen and oxygen atoms in total. The van der Waals surface area contributed by atoms with Gasteiger partial charge in [-0.25, -0.2) is 18.1 Å². The number of benzene rings is 1. The van der Waals surface area contributed by atoms with Crippen LogP contribution in [-0.2, 0) is 23.2 Å². The van der Waals surface area contributed by atoms with Gasteiger partial charge in [-0.2, -0.15) is 0 Å². The average molecular weight is 312 g/mol. The van der Waals surface area contributed by atoms with E-state index in [2.05, 4.69) is 9.71 Å². The Kier molecular flexibility index (Phi) is 4.54. The lowest BCUT2D eigenvalue weighted by Crippen LogP contribution is -2.23. The SMILES string of the molecule is Cc1ccc(S(=O)(=O)NCc2scnc2C)cc1CO. The van der Waals surface area contributed by atoms with Gasteiger partial charge in [0.05, 0.1) is 22.7 Å². The summed E-state index contributed by atoms with van der Waals surface area (Å²) in [5, 5.41) is 9.20. The van der Waals surface area contributed by atoms with Crippen molar-refractivity contribution in [2.24, 2.45) is 0 Å². The number of hydrogen-bond acceptors (Lipinski definition) is 5. The molecule has 0 saturated heterocycles. The zero-order valence-corrected chi connectivity index (χ0v) is 12.9. The second kappa shape index (κ2) is 6.01. The number of aryl methyl sites for hydroxylation is 2. The number of thiazole rings is 1. The summed E-state index contributed by atoms with van der Waals surface area (Å²) >= 11 is 1.42. The third kappa shape index (κ3) is 3.24. The number of aliphatic hydroxyl groups excluding tert-OH is 1. The summed E-state index contributed by atoms with van der Waals surface area (Å²) in [6.07, 6.45) is 0. The molecule has 7 heteroatoms. The predicted octanol–water partition coefficient (Wildman–Crippen LogP) is 1.73. The molecule has 2 aromatic rings. The number of aromatic nitrogens is 1. The minimum atomic E-state index is -3.58. The Morgan fingerprint density at radius 1 is 1.35 bits per heavy atom. The molecular weight excluding hydrogens is 296 g/mol. The van der Waals surface area contributed by atoms with E-state index >= 15 is 0 Å². The second-order valence-electron chi connectivity index (χ2n) is 4.43. The van der Waals surface area contributed by atoms with Crippen LogP contribution in [0.25, 0.3) is 0 Å². The smallest absolute Gasteiger partial charge is 0.240 e. The average Bonchev–Trinajstić information content (AvgIpc) is 2.82. The molecule has 0 amide bonds. The van der Waals surface area contributed by atoms with Crippen molar-refractivity contribution >= 4 is 21.4 Å². The number of rotatable bonds is 5. The molecule has 0 fully saturated rings. The van der Waals surface area contributed by atoms with E-state index in [0.29, 0.717) is 5.56 Å². The molecule has 0 unspecified atom stereocenters. The van der Waals surface area contributed by atoms with Crippen LogP contribution in [-0.4, -0.2) is 18.5 Å². The van der Waals surface area contributed by atoms with Crippen LogP contribution >= 0.6 is 11.3 Å². The molecule has 1 aromatic carbocycles. The van der Waals surface area contributed by atoms with Crippen LogP contribution in [0.5, 0.6) is 0 Å². The summed E-state index contributed by atoms with van der Waals surface area (Å²) in [5.41, 5.74) is 4.00. The van der Waals surface area contributed by atoms with Gasteiger partial charge in [0, 0.05) is 11.4 Å². The third-order valence-electron chi connectivity index (χ3n) is 3.07. The number of nitrogens with zero attached hydrogens (tertiary/aromatic N) is 1. The van der Waals surface area contributed by atoms with Crippen molar-refractivity contribution < 1.29 is 13.5 Å². The quantitative estimate of drug-likeness (QED) is 0.881. The maximum absolute atomic E-state index is 12.2. The fourth-order valence-electron chi connectivity index (χ4n) is 1.73. The van der Waals surface area contributed by atoms with Gasteiger partial charge in [0.25, 0.3) is 0 Å². The third-order valence-corrected chi connectivity index (χ3v) is 5.40. The number of aliphatic hydroxyl groups is 1. The highest BCUT2D eigenvalue weighted by molar-refractivity contribution is 7.89. The topological polar surface area (TPSA) is 79.3 Å². The van der Waals surface area contributed by atoms with Crippen molar-refractivity contribution in [1.82, 2.24) is 9.71 Å². The van der Waals surface area contributed by atoms with Crippen LogP contribution < -0.4 is 4.72 Å². The maximum Gasteiger partial charge on any atom is 0.240 e. The van der Waals surface area contributed by atoms with E-state index in [9.17, 15) is 13.5 Å². The number of nitrogens with one attached hydrogen (secondary N) is 1. The molecule has 0 aliphatic rings. The van der Waals surface area contributed by atoms with Crippen LogP contribution in [0.15, 0.2) is 28.6 Å². The number of sulfonamides is 1. The number of hydrogen-bond donors (Lipinski definition) is 2. The lowest BCUT2D eigenvalue weighted by molar-refractivity contribution is 0.280. The van der Waals surface area contributed by atoms with E-state index in [-0.39, 0.29) is 18.0 Å². The summed E-state index contributed by atoms with van der Waals surface area (Å²) in [6.45, 7) is 3.72. The first kappa shape index (κ1) is 15.1. The van der Waals surface area contributed by atoms with Gasteiger partial charge in [0.15, 0.2) is 0 Å². The van der Waals surface area contributed by atoms with Crippen LogP contribution in [0.1, 0.15) is 21.7 Å². The minimum Gasteiger partial charge on any atom is -0.392 e. The Bertz CT molecular complexity index is 708. The van der Waals surface area contributed by atoms with Gasteiger partial charge in [-0.1, -0.05) is 6.07 Å². The van der Waals surface area contributed by atoms with E-state index in [1.165, 1.54) is 23.5 Å². The van der Waals surface area contributed by atoms with Gasteiger partial charge >= 0.3 is 0 Å². The molecule has 2 N–H and O–H groups in total. The van der Waals surface area contributed by atoms with Gasteiger partial charge < -0.3 is 5.11 Å². The summed E-state index contributed by atoms with van der Waals surface area (Å²) < 4.78 is 27.0. The first-order valence-electron chi connectivity index (χ1n) is 6.03. The molecule has 0 aliphatic heterocycles. The molecular formula is C13H16N2O3S2. The summed E-state index contributed by atoms with van der Waals surface area (Å²) in [4.78, 5) is 5.13. The Balaban J connectivity index is 2.20. The fourth-order valence-corrected chi connectivity index (χ4v) is 3.58. The van der Waals surface area contributed by atoms with Crippen LogP contribution in [0.4, 0.5) is 0 Å². The molecule has 0 aliphatic carbocycles. The zero-order valence-electron chi connectivity index (χ0n) is 11.3. The Hall–Kier alpha value is -1.28. The highest BCUT2D eigenvalue weighted by atomic mass is 32.2. The van der Waals surface area contributed by atoms with Gasteiger partial charge in [-0.05, 0) is 37.1 Å². The van der Waals surface area contributed by atoms with E-state index in [4.69, 9.17) is 0 Å². The van der Waals surface area contributed by atoms with Gasteiger partial charge in [0.1, 0.15) is 0 Å². The van der Waals surface area contributed by atoms with Crippen molar-refractivity contribution in [3.8, 4) is 0 Å². The molecule has 1 aromatic heterocycles. The van der Waals surface area contributed by atoms with Crippen LogP contribution in [0, 0.1) is 13.8 Å². The molecule has 0 spiro atoms. The maximum atomic E-state index is 12.2.